The monoisotopic (exact) mass is 421 g/mol. The number of hydrogen-bond donors (Lipinski definition) is 0. The predicted octanol–water partition coefficient (Wildman–Crippen LogP) is 1.93. The van der Waals surface area contributed by atoms with E-state index in [9.17, 15) is 18.0 Å². The molecular formula is C20H27N3O5S. The smallest absolute Gasteiger partial charge is 0.408 e. The third-order valence-corrected chi connectivity index (χ3v) is 8.13. The first-order chi connectivity index (χ1) is 13.9. The van der Waals surface area contributed by atoms with Gasteiger partial charge < -0.3 is 9.32 Å². The second-order valence-corrected chi connectivity index (χ2v) is 9.97. The summed E-state index contributed by atoms with van der Waals surface area (Å²) in [6, 6.07) is 4.47. The number of rotatable bonds is 5. The lowest BCUT2D eigenvalue weighted by molar-refractivity contribution is -0.132. The number of oxazole rings is 1. The molecule has 8 nitrogen and oxygen atoms in total. The van der Waals surface area contributed by atoms with Crippen molar-refractivity contribution in [2.24, 2.45) is 13.0 Å². The number of benzene rings is 1. The molecule has 0 atom stereocenters. The third kappa shape index (κ3) is 3.98. The standard InChI is InChI=1S/C20H27N3O5S/c1-21-17-8-7-16(14-18(17)28-20(21)25)29(26,27)23-12-10-22(11-13-23)19(24)9-6-15-4-2-3-5-15/h7-8,14-15H,2-6,9-13H2,1H3. The van der Waals surface area contributed by atoms with Gasteiger partial charge in [-0.3, -0.25) is 9.36 Å². The Hall–Kier alpha value is -2.13. The van der Waals surface area contributed by atoms with Crippen LogP contribution in [0.15, 0.2) is 32.3 Å². The molecule has 4 rings (SSSR count). The summed E-state index contributed by atoms with van der Waals surface area (Å²) in [6.45, 7) is 1.36. The predicted molar refractivity (Wildman–Crippen MR) is 108 cm³/mol. The second kappa shape index (κ2) is 7.95. The lowest BCUT2D eigenvalue weighted by Gasteiger charge is -2.34. The molecule has 0 N–H and O–H groups in total. The minimum atomic E-state index is -3.71. The van der Waals surface area contributed by atoms with Crippen LogP contribution in [0.5, 0.6) is 0 Å². The van der Waals surface area contributed by atoms with E-state index in [2.05, 4.69) is 0 Å². The van der Waals surface area contributed by atoms with Crippen LogP contribution < -0.4 is 5.76 Å². The van der Waals surface area contributed by atoms with Crippen LogP contribution in [0.1, 0.15) is 38.5 Å². The molecule has 158 valence electrons. The molecule has 1 aromatic heterocycles. The number of hydrogen-bond acceptors (Lipinski definition) is 5. The van der Waals surface area contributed by atoms with Crippen molar-refractivity contribution in [3.8, 4) is 0 Å². The van der Waals surface area contributed by atoms with E-state index in [1.54, 1.807) is 18.0 Å². The van der Waals surface area contributed by atoms with Gasteiger partial charge in [0.05, 0.1) is 10.4 Å². The molecule has 0 unspecified atom stereocenters. The molecule has 1 saturated carbocycles. The number of fused-ring (bicyclic) bond motifs is 1. The first-order valence-electron chi connectivity index (χ1n) is 10.2. The lowest BCUT2D eigenvalue weighted by Crippen LogP contribution is -2.50. The average Bonchev–Trinajstić information content (AvgIpc) is 3.34. The van der Waals surface area contributed by atoms with Crippen molar-refractivity contribution < 1.29 is 17.6 Å². The van der Waals surface area contributed by atoms with Gasteiger partial charge in [-0.15, -0.1) is 0 Å². The largest absolute Gasteiger partial charge is 0.419 e. The van der Waals surface area contributed by atoms with E-state index in [1.165, 1.54) is 46.7 Å². The second-order valence-electron chi connectivity index (χ2n) is 8.03. The SMILES string of the molecule is Cn1c(=O)oc2cc(S(=O)(=O)N3CCN(C(=O)CCC4CCCC4)CC3)ccc21. The first kappa shape index (κ1) is 20.2. The van der Waals surface area contributed by atoms with Crippen molar-refractivity contribution in [3.63, 3.8) is 0 Å². The number of aryl methyl sites for hydroxylation is 1. The average molecular weight is 422 g/mol. The van der Waals surface area contributed by atoms with E-state index >= 15 is 0 Å². The van der Waals surface area contributed by atoms with Gasteiger partial charge in [0.15, 0.2) is 5.58 Å². The summed E-state index contributed by atoms with van der Waals surface area (Å²) in [5.41, 5.74) is 0.797. The fourth-order valence-electron chi connectivity index (χ4n) is 4.39. The van der Waals surface area contributed by atoms with Gasteiger partial charge in [0.25, 0.3) is 0 Å². The Bertz CT molecular complexity index is 1060. The van der Waals surface area contributed by atoms with E-state index in [0.717, 1.165) is 6.42 Å². The summed E-state index contributed by atoms with van der Waals surface area (Å²) >= 11 is 0. The highest BCUT2D eigenvalue weighted by Crippen LogP contribution is 2.29. The number of carbonyl (C=O) groups is 1. The molecule has 9 heteroatoms. The molecule has 0 bridgehead atoms. The maximum Gasteiger partial charge on any atom is 0.419 e. The maximum atomic E-state index is 13.0. The Balaban J connectivity index is 1.39. The topological polar surface area (TPSA) is 92.8 Å². The quantitative estimate of drug-likeness (QED) is 0.736. The summed E-state index contributed by atoms with van der Waals surface area (Å²) in [5, 5.41) is 0. The van der Waals surface area contributed by atoms with Crippen LogP contribution in [-0.4, -0.2) is 54.3 Å². The number of piperazine rings is 1. The summed E-state index contributed by atoms with van der Waals surface area (Å²) < 4.78 is 33.8. The van der Waals surface area contributed by atoms with E-state index in [-0.39, 0.29) is 29.5 Å². The third-order valence-electron chi connectivity index (χ3n) is 6.23. The van der Waals surface area contributed by atoms with Gasteiger partial charge in [-0.05, 0) is 24.5 Å². The Morgan fingerprint density at radius 3 is 2.52 bits per heavy atom. The molecule has 1 aliphatic carbocycles. The molecule has 2 aromatic rings. The van der Waals surface area contributed by atoms with Crippen LogP contribution >= 0.6 is 0 Å². The normalized spacial score (nSPS) is 19.3. The highest BCUT2D eigenvalue weighted by molar-refractivity contribution is 7.89. The van der Waals surface area contributed by atoms with Crippen LogP contribution in [0.4, 0.5) is 0 Å². The van der Waals surface area contributed by atoms with Crippen LogP contribution in [0.2, 0.25) is 0 Å². The minimum absolute atomic E-state index is 0.0976. The molecule has 0 spiro atoms. The fourth-order valence-corrected chi connectivity index (χ4v) is 5.82. The van der Waals surface area contributed by atoms with E-state index in [1.807, 2.05) is 0 Å². The van der Waals surface area contributed by atoms with E-state index in [0.29, 0.717) is 30.9 Å². The lowest BCUT2D eigenvalue weighted by atomic mass is 10.0. The zero-order valence-corrected chi connectivity index (χ0v) is 17.5. The molecular weight excluding hydrogens is 394 g/mol. The zero-order chi connectivity index (χ0) is 20.6. The number of amides is 1. The van der Waals surface area contributed by atoms with Crippen LogP contribution in [0, 0.1) is 5.92 Å². The number of aromatic nitrogens is 1. The number of carbonyl (C=O) groups excluding carboxylic acids is 1. The maximum absolute atomic E-state index is 13.0. The van der Waals surface area contributed by atoms with Gasteiger partial charge in [-0.1, -0.05) is 25.7 Å². The highest BCUT2D eigenvalue weighted by Gasteiger charge is 2.31. The Morgan fingerprint density at radius 2 is 1.83 bits per heavy atom. The van der Waals surface area contributed by atoms with Gasteiger partial charge in [0.2, 0.25) is 15.9 Å². The van der Waals surface area contributed by atoms with Gasteiger partial charge in [0.1, 0.15) is 0 Å². The number of nitrogens with zero attached hydrogens (tertiary/aromatic N) is 3. The summed E-state index contributed by atoms with van der Waals surface area (Å²) in [4.78, 5) is 26.0. The molecule has 29 heavy (non-hydrogen) atoms. The van der Waals surface area contributed by atoms with Crippen molar-refractivity contribution in [1.29, 1.82) is 0 Å². The summed E-state index contributed by atoms with van der Waals surface area (Å²) in [7, 11) is -2.13. The zero-order valence-electron chi connectivity index (χ0n) is 16.7. The molecule has 1 aromatic carbocycles. The number of sulfonamides is 1. The molecule has 1 aliphatic heterocycles. The Labute approximate surface area is 170 Å². The summed E-state index contributed by atoms with van der Waals surface area (Å²) in [5.74, 6) is 0.272. The van der Waals surface area contributed by atoms with Gasteiger partial charge in [0, 0.05) is 45.7 Å². The van der Waals surface area contributed by atoms with Crippen molar-refractivity contribution >= 4 is 27.0 Å². The summed E-state index contributed by atoms with van der Waals surface area (Å²) in [6.07, 6.45) is 6.50. The highest BCUT2D eigenvalue weighted by atomic mass is 32.2. The molecule has 2 aliphatic rings. The van der Waals surface area contributed by atoms with Crippen molar-refractivity contribution in [1.82, 2.24) is 13.8 Å². The molecule has 2 heterocycles. The fraction of sp³-hybridized carbons (Fsp3) is 0.600. The Kier molecular flexibility index (Phi) is 5.52. The minimum Gasteiger partial charge on any atom is -0.408 e. The van der Waals surface area contributed by atoms with Crippen LogP contribution in [-0.2, 0) is 21.9 Å². The first-order valence-corrected chi connectivity index (χ1v) is 11.7. The van der Waals surface area contributed by atoms with Gasteiger partial charge >= 0.3 is 5.76 Å². The van der Waals surface area contributed by atoms with Crippen molar-refractivity contribution in [3.05, 3.63) is 28.7 Å². The van der Waals surface area contributed by atoms with Crippen molar-refractivity contribution in [2.45, 2.75) is 43.4 Å². The molecule has 2 fully saturated rings. The van der Waals surface area contributed by atoms with Crippen LogP contribution in [0.25, 0.3) is 11.1 Å². The Morgan fingerprint density at radius 1 is 1.14 bits per heavy atom. The molecule has 1 amide bonds. The molecule has 0 radical (unpaired) electrons. The van der Waals surface area contributed by atoms with E-state index < -0.39 is 15.8 Å². The van der Waals surface area contributed by atoms with Gasteiger partial charge in [-0.2, -0.15) is 4.31 Å². The van der Waals surface area contributed by atoms with Crippen LogP contribution in [0.3, 0.4) is 0 Å². The van der Waals surface area contributed by atoms with Gasteiger partial charge in [-0.25, -0.2) is 13.2 Å². The van der Waals surface area contributed by atoms with Crippen molar-refractivity contribution in [2.75, 3.05) is 26.2 Å². The molecule has 1 saturated heterocycles. The van der Waals surface area contributed by atoms with E-state index in [4.69, 9.17) is 4.42 Å².